The molecular formula is C13H13NO3S. The van der Waals surface area contributed by atoms with Gasteiger partial charge in [-0.3, -0.25) is 0 Å². The van der Waals surface area contributed by atoms with Crippen LogP contribution in [0, 0.1) is 0 Å². The summed E-state index contributed by atoms with van der Waals surface area (Å²) in [4.78, 5) is 15.6. The number of hydrogen-bond donors (Lipinski definition) is 1. The summed E-state index contributed by atoms with van der Waals surface area (Å²) in [5, 5.41) is 9.71. The normalized spacial score (nSPS) is 10.3. The molecule has 5 heteroatoms. The average Bonchev–Trinajstić information content (AvgIpc) is 2.81. The number of nitrogens with zero attached hydrogens (tertiary/aromatic N) is 1. The smallest absolute Gasteiger partial charge is 0.347 e. The van der Waals surface area contributed by atoms with E-state index in [4.69, 9.17) is 9.84 Å². The van der Waals surface area contributed by atoms with Crippen molar-refractivity contribution in [2.75, 3.05) is 0 Å². The highest BCUT2D eigenvalue weighted by Gasteiger charge is 2.15. The number of aryl methyl sites for hydroxylation is 1. The molecule has 0 aliphatic rings. The SMILES string of the molecule is CCc1nc(COc2ccccc2)sc1C(=O)O. The Morgan fingerprint density at radius 2 is 2.11 bits per heavy atom. The number of rotatable bonds is 5. The summed E-state index contributed by atoms with van der Waals surface area (Å²) in [6.45, 7) is 2.19. The molecule has 0 unspecified atom stereocenters. The lowest BCUT2D eigenvalue weighted by molar-refractivity contribution is 0.0701. The largest absolute Gasteiger partial charge is 0.486 e. The number of hydrogen-bond acceptors (Lipinski definition) is 4. The first-order valence-electron chi connectivity index (χ1n) is 5.60. The zero-order valence-electron chi connectivity index (χ0n) is 9.92. The molecule has 1 N–H and O–H groups in total. The number of thiazole rings is 1. The van der Waals surface area contributed by atoms with Gasteiger partial charge in [0.2, 0.25) is 0 Å². The summed E-state index contributed by atoms with van der Waals surface area (Å²) >= 11 is 1.18. The Balaban J connectivity index is 2.08. The van der Waals surface area contributed by atoms with Crippen LogP contribution >= 0.6 is 11.3 Å². The first kappa shape index (κ1) is 12.6. The van der Waals surface area contributed by atoms with Crippen LogP contribution in [0.25, 0.3) is 0 Å². The molecule has 4 nitrogen and oxygen atoms in total. The van der Waals surface area contributed by atoms with Crippen molar-refractivity contribution in [1.82, 2.24) is 4.98 Å². The maximum Gasteiger partial charge on any atom is 0.347 e. The monoisotopic (exact) mass is 263 g/mol. The molecule has 2 rings (SSSR count). The topological polar surface area (TPSA) is 59.4 Å². The van der Waals surface area contributed by atoms with Gasteiger partial charge in [0.1, 0.15) is 22.2 Å². The third-order valence-electron chi connectivity index (χ3n) is 2.38. The molecule has 0 amide bonds. The van der Waals surface area contributed by atoms with Gasteiger partial charge in [-0.15, -0.1) is 11.3 Å². The average molecular weight is 263 g/mol. The minimum Gasteiger partial charge on any atom is -0.486 e. The van der Waals surface area contributed by atoms with Crippen molar-refractivity contribution in [1.29, 1.82) is 0 Å². The number of aromatic carboxylic acids is 1. The number of carboxylic acids is 1. The Hall–Kier alpha value is -1.88. The molecule has 94 valence electrons. The first-order valence-corrected chi connectivity index (χ1v) is 6.42. The van der Waals surface area contributed by atoms with Crippen molar-refractivity contribution in [2.24, 2.45) is 0 Å². The van der Waals surface area contributed by atoms with Gasteiger partial charge >= 0.3 is 5.97 Å². The van der Waals surface area contributed by atoms with E-state index in [0.29, 0.717) is 28.6 Å². The maximum absolute atomic E-state index is 11.0. The number of ether oxygens (including phenoxy) is 1. The predicted molar refractivity (Wildman–Crippen MR) is 69.2 cm³/mol. The van der Waals surface area contributed by atoms with Crippen LogP contribution < -0.4 is 4.74 Å². The molecule has 0 radical (unpaired) electrons. The highest BCUT2D eigenvalue weighted by molar-refractivity contribution is 7.13. The molecule has 0 saturated carbocycles. The van der Waals surface area contributed by atoms with E-state index in [1.165, 1.54) is 11.3 Å². The van der Waals surface area contributed by atoms with Crippen LogP contribution in [0.3, 0.4) is 0 Å². The quantitative estimate of drug-likeness (QED) is 0.901. The molecule has 0 fully saturated rings. The maximum atomic E-state index is 11.0. The minimum absolute atomic E-state index is 0.301. The van der Waals surface area contributed by atoms with Crippen LogP contribution in [-0.2, 0) is 13.0 Å². The van der Waals surface area contributed by atoms with Gasteiger partial charge in [-0.1, -0.05) is 25.1 Å². The number of para-hydroxylation sites is 1. The van der Waals surface area contributed by atoms with Gasteiger partial charge < -0.3 is 9.84 Å². The fourth-order valence-electron chi connectivity index (χ4n) is 1.53. The summed E-state index contributed by atoms with van der Waals surface area (Å²) in [5.41, 5.74) is 0.624. The molecule has 0 aliphatic carbocycles. The summed E-state index contributed by atoms with van der Waals surface area (Å²) < 4.78 is 5.54. The summed E-state index contributed by atoms with van der Waals surface area (Å²) in [6.07, 6.45) is 0.615. The lowest BCUT2D eigenvalue weighted by atomic mass is 10.3. The van der Waals surface area contributed by atoms with Gasteiger partial charge in [0.15, 0.2) is 0 Å². The molecular weight excluding hydrogens is 250 g/mol. The third-order valence-corrected chi connectivity index (χ3v) is 3.44. The lowest BCUT2D eigenvalue weighted by Crippen LogP contribution is -1.97. The van der Waals surface area contributed by atoms with Crippen LogP contribution in [0.15, 0.2) is 30.3 Å². The molecule has 1 aromatic carbocycles. The second-order valence-electron chi connectivity index (χ2n) is 3.64. The number of carbonyl (C=O) groups is 1. The van der Waals surface area contributed by atoms with Crippen molar-refractivity contribution in [3.8, 4) is 5.75 Å². The second kappa shape index (κ2) is 5.64. The molecule has 1 heterocycles. The Morgan fingerprint density at radius 1 is 1.39 bits per heavy atom. The van der Waals surface area contributed by atoms with Gasteiger partial charge in [-0.2, -0.15) is 0 Å². The van der Waals surface area contributed by atoms with Crippen LogP contribution in [0.4, 0.5) is 0 Å². The highest BCUT2D eigenvalue weighted by atomic mass is 32.1. The van der Waals surface area contributed by atoms with E-state index in [1.807, 2.05) is 37.3 Å². The fourth-order valence-corrected chi connectivity index (χ4v) is 2.44. The molecule has 1 aromatic heterocycles. The number of carboxylic acid groups (broad SMARTS) is 1. The molecule has 0 bridgehead atoms. The molecule has 2 aromatic rings. The van der Waals surface area contributed by atoms with E-state index in [9.17, 15) is 4.79 Å². The molecule has 0 aliphatic heterocycles. The van der Waals surface area contributed by atoms with E-state index in [0.717, 1.165) is 5.75 Å². The van der Waals surface area contributed by atoms with Crippen molar-refractivity contribution in [2.45, 2.75) is 20.0 Å². The van der Waals surface area contributed by atoms with Crippen molar-refractivity contribution < 1.29 is 14.6 Å². The summed E-state index contributed by atoms with van der Waals surface area (Å²) in [6, 6.07) is 9.39. The fraction of sp³-hybridized carbons (Fsp3) is 0.231. The number of benzene rings is 1. The zero-order chi connectivity index (χ0) is 13.0. The first-order chi connectivity index (χ1) is 8.70. The third kappa shape index (κ3) is 2.87. The van der Waals surface area contributed by atoms with E-state index in [2.05, 4.69) is 4.98 Å². The standard InChI is InChI=1S/C13H13NO3S/c1-2-10-12(13(15)16)18-11(14-10)8-17-9-6-4-3-5-7-9/h3-7H,2,8H2,1H3,(H,15,16). The van der Waals surface area contributed by atoms with E-state index < -0.39 is 5.97 Å². The predicted octanol–water partition coefficient (Wildman–Crippen LogP) is 2.98. The van der Waals surface area contributed by atoms with E-state index in [1.54, 1.807) is 0 Å². The highest BCUT2D eigenvalue weighted by Crippen LogP contribution is 2.21. The molecule has 18 heavy (non-hydrogen) atoms. The molecule has 0 spiro atoms. The Bertz CT molecular complexity index is 536. The summed E-state index contributed by atoms with van der Waals surface area (Å²) in [7, 11) is 0. The van der Waals surface area contributed by atoms with Crippen LogP contribution in [-0.4, -0.2) is 16.1 Å². The van der Waals surface area contributed by atoms with Gasteiger partial charge in [-0.05, 0) is 18.6 Å². The van der Waals surface area contributed by atoms with Crippen LogP contribution in [0.5, 0.6) is 5.75 Å². The summed E-state index contributed by atoms with van der Waals surface area (Å²) in [5.74, 6) is -0.169. The Kier molecular flexibility index (Phi) is 3.94. The van der Waals surface area contributed by atoms with Crippen molar-refractivity contribution in [3.63, 3.8) is 0 Å². The van der Waals surface area contributed by atoms with Crippen LogP contribution in [0.2, 0.25) is 0 Å². The number of aromatic nitrogens is 1. The van der Waals surface area contributed by atoms with Crippen molar-refractivity contribution in [3.05, 3.63) is 45.9 Å². The molecule has 0 saturated heterocycles. The second-order valence-corrected chi connectivity index (χ2v) is 4.73. The van der Waals surface area contributed by atoms with Gasteiger partial charge in [-0.25, -0.2) is 9.78 Å². The minimum atomic E-state index is -0.921. The van der Waals surface area contributed by atoms with Crippen molar-refractivity contribution >= 4 is 17.3 Å². The van der Waals surface area contributed by atoms with Crippen LogP contribution in [0.1, 0.15) is 27.3 Å². The Morgan fingerprint density at radius 3 is 2.67 bits per heavy atom. The Labute approximate surface area is 109 Å². The van der Waals surface area contributed by atoms with E-state index in [-0.39, 0.29) is 0 Å². The van der Waals surface area contributed by atoms with Gasteiger partial charge in [0.25, 0.3) is 0 Å². The zero-order valence-corrected chi connectivity index (χ0v) is 10.7. The lowest BCUT2D eigenvalue weighted by Gasteiger charge is -2.02. The van der Waals surface area contributed by atoms with Gasteiger partial charge in [0.05, 0.1) is 5.69 Å². The van der Waals surface area contributed by atoms with Gasteiger partial charge in [0, 0.05) is 0 Å². The van der Waals surface area contributed by atoms with E-state index >= 15 is 0 Å². The molecule has 0 atom stereocenters.